The first-order valence-electron chi connectivity index (χ1n) is 12.4. The number of hydrogen-bond donors (Lipinski definition) is 3. The Hall–Kier alpha value is -4.76. The van der Waals surface area contributed by atoms with E-state index in [1.54, 1.807) is 18.6 Å². The van der Waals surface area contributed by atoms with Gasteiger partial charge in [-0.15, -0.1) is 0 Å². The van der Waals surface area contributed by atoms with E-state index in [1.165, 1.54) is 6.08 Å². The van der Waals surface area contributed by atoms with Crippen LogP contribution in [0.5, 0.6) is 11.6 Å². The molecule has 0 amide bonds. The smallest absolute Gasteiger partial charge is 0.222 e. The van der Waals surface area contributed by atoms with Crippen molar-refractivity contribution in [3.63, 3.8) is 0 Å². The molecular weight excluding hydrogens is 478 g/mol. The van der Waals surface area contributed by atoms with Gasteiger partial charge in [0, 0.05) is 37.1 Å². The lowest BCUT2D eigenvalue weighted by Gasteiger charge is -2.18. The molecule has 1 unspecified atom stereocenters. The molecule has 0 aliphatic carbocycles. The third kappa shape index (κ3) is 4.22. The first-order valence-corrected chi connectivity index (χ1v) is 12.4. The molecule has 9 heteroatoms. The van der Waals surface area contributed by atoms with Crippen molar-refractivity contribution in [3.05, 3.63) is 85.1 Å². The minimum Gasteiger partial charge on any atom is -0.439 e. The van der Waals surface area contributed by atoms with Gasteiger partial charge in [0.05, 0.1) is 11.1 Å². The SMILES string of the molecule is C=CC(O)Nc1ccc(-c2c3c4c(ncnc4n2C)NCCc2cc(Oc4ccnc(C)n4)ccc2-3)cc1. The van der Waals surface area contributed by atoms with E-state index in [0.29, 0.717) is 11.7 Å². The molecule has 4 heterocycles. The molecule has 0 fully saturated rings. The zero-order chi connectivity index (χ0) is 26.2. The average Bonchev–Trinajstić information content (AvgIpc) is 3.21. The van der Waals surface area contributed by atoms with Crippen LogP contribution in [0.2, 0.25) is 0 Å². The van der Waals surface area contributed by atoms with Crippen LogP contribution in [0.25, 0.3) is 33.4 Å². The predicted octanol–water partition coefficient (Wildman–Crippen LogP) is 5.08. The van der Waals surface area contributed by atoms with Crippen LogP contribution in [0.15, 0.2) is 73.7 Å². The van der Waals surface area contributed by atoms with E-state index in [-0.39, 0.29) is 0 Å². The zero-order valence-electron chi connectivity index (χ0n) is 21.1. The highest BCUT2D eigenvalue weighted by atomic mass is 16.5. The first kappa shape index (κ1) is 23.6. The minimum atomic E-state index is -0.814. The van der Waals surface area contributed by atoms with Crippen LogP contribution in [-0.4, -0.2) is 42.4 Å². The van der Waals surface area contributed by atoms with Gasteiger partial charge in [0.2, 0.25) is 5.88 Å². The Morgan fingerprint density at radius 1 is 1.13 bits per heavy atom. The molecule has 9 nitrogen and oxygen atoms in total. The number of hydrogen-bond acceptors (Lipinski definition) is 8. The Morgan fingerprint density at radius 2 is 1.97 bits per heavy atom. The summed E-state index contributed by atoms with van der Waals surface area (Å²) in [6.07, 6.45) is 4.72. The normalized spacial score (nSPS) is 13.1. The van der Waals surface area contributed by atoms with Crippen molar-refractivity contribution >= 4 is 22.5 Å². The average molecular weight is 506 g/mol. The van der Waals surface area contributed by atoms with E-state index in [0.717, 1.165) is 69.2 Å². The summed E-state index contributed by atoms with van der Waals surface area (Å²) in [7, 11) is 2.03. The van der Waals surface area contributed by atoms with Gasteiger partial charge in [0.25, 0.3) is 0 Å². The largest absolute Gasteiger partial charge is 0.439 e. The maximum absolute atomic E-state index is 9.88. The van der Waals surface area contributed by atoms with E-state index in [1.807, 2.05) is 44.3 Å². The molecule has 3 N–H and O–H groups in total. The summed E-state index contributed by atoms with van der Waals surface area (Å²) < 4.78 is 8.19. The fourth-order valence-electron chi connectivity index (χ4n) is 4.95. The van der Waals surface area contributed by atoms with Crippen molar-refractivity contribution in [1.29, 1.82) is 0 Å². The van der Waals surface area contributed by atoms with Gasteiger partial charge in [-0.2, -0.15) is 4.98 Å². The molecule has 6 rings (SSSR count). The third-order valence-corrected chi connectivity index (χ3v) is 6.67. The van der Waals surface area contributed by atoms with Crippen LogP contribution in [0.4, 0.5) is 11.5 Å². The van der Waals surface area contributed by atoms with Crippen molar-refractivity contribution in [2.75, 3.05) is 17.2 Å². The Kier molecular flexibility index (Phi) is 5.97. The summed E-state index contributed by atoms with van der Waals surface area (Å²) >= 11 is 0. The maximum Gasteiger partial charge on any atom is 0.222 e. The minimum absolute atomic E-state index is 0.512. The summed E-state index contributed by atoms with van der Waals surface area (Å²) in [6.45, 7) is 6.18. The molecular formula is C29H27N7O2. The zero-order valence-corrected chi connectivity index (χ0v) is 21.1. The Bertz CT molecular complexity index is 1660. The number of aromatic nitrogens is 5. The quantitative estimate of drug-likeness (QED) is 0.217. The van der Waals surface area contributed by atoms with Gasteiger partial charge in [0.1, 0.15) is 35.6 Å². The third-order valence-electron chi connectivity index (χ3n) is 6.67. The molecule has 190 valence electrons. The number of nitrogens with one attached hydrogen (secondary N) is 2. The topological polar surface area (TPSA) is 110 Å². The number of rotatable bonds is 6. The molecule has 0 radical (unpaired) electrons. The number of aliphatic hydroxyl groups is 1. The second-order valence-corrected chi connectivity index (χ2v) is 9.15. The highest BCUT2D eigenvalue weighted by Gasteiger charge is 2.26. The number of aryl methyl sites for hydroxylation is 2. The molecule has 3 aromatic heterocycles. The predicted molar refractivity (Wildman–Crippen MR) is 148 cm³/mol. The van der Waals surface area contributed by atoms with E-state index in [2.05, 4.69) is 53.8 Å². The van der Waals surface area contributed by atoms with Gasteiger partial charge in [-0.05, 0) is 60.4 Å². The summed E-state index contributed by atoms with van der Waals surface area (Å²) in [5.74, 6) is 2.71. The lowest BCUT2D eigenvalue weighted by molar-refractivity contribution is 0.253. The number of benzene rings is 2. The molecule has 1 aliphatic rings. The van der Waals surface area contributed by atoms with Crippen molar-refractivity contribution in [2.45, 2.75) is 19.6 Å². The molecule has 1 aliphatic heterocycles. The molecule has 0 saturated heterocycles. The first-order chi connectivity index (χ1) is 18.5. The van der Waals surface area contributed by atoms with Crippen LogP contribution in [-0.2, 0) is 13.5 Å². The van der Waals surface area contributed by atoms with Crippen molar-refractivity contribution in [1.82, 2.24) is 24.5 Å². The molecule has 2 aromatic carbocycles. The summed E-state index contributed by atoms with van der Waals surface area (Å²) in [4.78, 5) is 17.7. The lowest BCUT2D eigenvalue weighted by atomic mass is 9.92. The number of nitrogens with zero attached hydrogens (tertiary/aromatic N) is 5. The van der Waals surface area contributed by atoms with Gasteiger partial charge in [0.15, 0.2) is 0 Å². The summed E-state index contributed by atoms with van der Waals surface area (Å²) in [5, 5.41) is 17.4. The van der Waals surface area contributed by atoms with Crippen LogP contribution in [0, 0.1) is 6.92 Å². The second-order valence-electron chi connectivity index (χ2n) is 9.15. The van der Waals surface area contributed by atoms with Crippen molar-refractivity contribution in [2.24, 2.45) is 7.05 Å². The number of fused-ring (bicyclic) bond motifs is 2. The second kappa shape index (κ2) is 9.60. The standard InChI is InChI=1S/C29H27N7O2/c1-4-23(37)35-20-7-5-18(6-8-20)27-25-22-10-9-21(38-24-12-14-30-17(2)34-24)15-19(22)11-13-31-28-26(25)29(36(27)3)33-16-32-28/h4-10,12,14-16,23,35,37H,1,11,13H2,2-3H3,(H,31,32,33). The lowest BCUT2D eigenvalue weighted by Crippen LogP contribution is -2.14. The van der Waals surface area contributed by atoms with Crippen LogP contribution < -0.4 is 15.4 Å². The molecule has 0 bridgehead atoms. The van der Waals surface area contributed by atoms with Gasteiger partial charge in [-0.25, -0.2) is 15.0 Å². The van der Waals surface area contributed by atoms with Crippen molar-refractivity contribution in [3.8, 4) is 34.0 Å². The summed E-state index contributed by atoms with van der Waals surface area (Å²) in [6, 6.07) is 15.9. The van der Waals surface area contributed by atoms with Crippen molar-refractivity contribution < 1.29 is 9.84 Å². The highest BCUT2D eigenvalue weighted by molar-refractivity contribution is 6.09. The van der Waals surface area contributed by atoms with E-state index in [4.69, 9.17) is 4.74 Å². The van der Waals surface area contributed by atoms with Crippen LogP contribution in [0.1, 0.15) is 11.4 Å². The Morgan fingerprint density at radius 3 is 2.76 bits per heavy atom. The van der Waals surface area contributed by atoms with Gasteiger partial charge < -0.3 is 25.0 Å². The van der Waals surface area contributed by atoms with Crippen LogP contribution in [0.3, 0.4) is 0 Å². The molecule has 1 atom stereocenters. The molecule has 0 saturated carbocycles. The van der Waals surface area contributed by atoms with E-state index in [9.17, 15) is 5.11 Å². The Balaban J connectivity index is 1.50. The molecule has 38 heavy (non-hydrogen) atoms. The van der Waals surface area contributed by atoms with Gasteiger partial charge in [-0.1, -0.05) is 24.8 Å². The van der Waals surface area contributed by atoms with Crippen LogP contribution >= 0.6 is 0 Å². The highest BCUT2D eigenvalue weighted by Crippen LogP contribution is 2.45. The van der Waals surface area contributed by atoms with Gasteiger partial charge >= 0.3 is 0 Å². The van der Waals surface area contributed by atoms with E-state index < -0.39 is 6.23 Å². The molecule has 0 spiro atoms. The monoisotopic (exact) mass is 505 g/mol. The number of ether oxygens (including phenoxy) is 1. The van der Waals surface area contributed by atoms with E-state index >= 15 is 0 Å². The molecule has 5 aromatic rings. The summed E-state index contributed by atoms with van der Waals surface area (Å²) in [5.41, 5.74) is 7.02. The fourth-order valence-corrected chi connectivity index (χ4v) is 4.95. The number of aliphatic hydroxyl groups excluding tert-OH is 1. The fraction of sp³-hybridized carbons (Fsp3) is 0.172. The number of anilines is 2. The van der Waals surface area contributed by atoms with Gasteiger partial charge in [-0.3, -0.25) is 0 Å². The maximum atomic E-state index is 9.88. The Labute approximate surface area is 219 Å².